The maximum atomic E-state index is 6.20. The van der Waals surface area contributed by atoms with Crippen LogP contribution in [0.2, 0.25) is 0 Å². The van der Waals surface area contributed by atoms with E-state index in [1.54, 1.807) is 0 Å². The third-order valence-corrected chi connectivity index (χ3v) is 10.5. The lowest BCUT2D eigenvalue weighted by molar-refractivity contribution is 0.620. The molecule has 2 aromatic heterocycles. The summed E-state index contributed by atoms with van der Waals surface area (Å²) in [4.78, 5) is 4.81. The second-order valence-electron chi connectivity index (χ2n) is 11.9. The van der Waals surface area contributed by atoms with E-state index in [9.17, 15) is 0 Å². The summed E-state index contributed by atoms with van der Waals surface area (Å²) in [5.74, 6) is 0.637. The van der Waals surface area contributed by atoms with Gasteiger partial charge in [-0.1, -0.05) is 115 Å². The molecule has 0 N–H and O–H groups in total. The number of aromatic nitrogens is 1. The van der Waals surface area contributed by atoms with Crippen LogP contribution in [0, 0.1) is 0 Å². The highest BCUT2D eigenvalue weighted by Crippen LogP contribution is 2.46. The van der Waals surface area contributed by atoms with Crippen LogP contribution in [-0.4, -0.2) is 4.98 Å². The Morgan fingerprint density at radius 1 is 0.435 bits per heavy atom. The molecular weight excluding hydrogens is 579 g/mol. The Kier molecular flexibility index (Phi) is 5.48. The quantitative estimate of drug-likeness (QED) is 0.188. The predicted octanol–water partition coefficient (Wildman–Crippen LogP) is 12.7. The highest BCUT2D eigenvalue weighted by molar-refractivity contribution is 7.27. The Balaban J connectivity index is 1.23. The summed E-state index contributed by atoms with van der Waals surface area (Å²) < 4.78 is 8.86. The summed E-state index contributed by atoms with van der Waals surface area (Å²) >= 11 is 1.90. The minimum absolute atomic E-state index is 0.637. The second-order valence-corrected chi connectivity index (χ2v) is 12.9. The molecule has 2 heterocycles. The van der Waals surface area contributed by atoms with Crippen molar-refractivity contribution in [1.82, 2.24) is 4.98 Å². The third kappa shape index (κ3) is 3.79. The van der Waals surface area contributed by atoms with Gasteiger partial charge < -0.3 is 4.42 Å². The topological polar surface area (TPSA) is 26.0 Å². The standard InChI is InChI=1S/C43H25NOS/c1-2-10-26(11-3-1)29-21-22-30(33-20-18-28(25-36(29)33)43-44-38-16-8-9-17-39(38)45-43)27-19-23-40-37(24-27)41-34-14-6-4-12-31(34)32-13-5-7-15-35(32)42(41)46-40/h1-25H. The molecule has 8 aromatic carbocycles. The number of thiophene rings is 1. The zero-order chi connectivity index (χ0) is 30.2. The number of rotatable bonds is 3. The highest BCUT2D eigenvalue weighted by atomic mass is 32.1. The minimum atomic E-state index is 0.637. The molecule has 214 valence electrons. The first-order valence-electron chi connectivity index (χ1n) is 15.5. The van der Waals surface area contributed by atoms with E-state index in [4.69, 9.17) is 9.40 Å². The van der Waals surface area contributed by atoms with Gasteiger partial charge in [0.2, 0.25) is 5.89 Å². The number of para-hydroxylation sites is 2. The fourth-order valence-corrected chi connectivity index (χ4v) is 8.41. The monoisotopic (exact) mass is 603 g/mol. The van der Waals surface area contributed by atoms with Gasteiger partial charge in [0.15, 0.2) is 5.58 Å². The van der Waals surface area contributed by atoms with Crippen LogP contribution in [0.3, 0.4) is 0 Å². The molecule has 0 aliphatic rings. The van der Waals surface area contributed by atoms with Crippen LogP contribution >= 0.6 is 11.3 Å². The predicted molar refractivity (Wildman–Crippen MR) is 196 cm³/mol. The molecule has 0 aliphatic carbocycles. The Bertz CT molecular complexity index is 2770. The Morgan fingerprint density at radius 3 is 1.91 bits per heavy atom. The molecule has 10 aromatic rings. The van der Waals surface area contributed by atoms with Crippen LogP contribution in [0.4, 0.5) is 0 Å². The van der Waals surface area contributed by atoms with E-state index in [-0.39, 0.29) is 0 Å². The molecule has 0 unspecified atom stereocenters. The van der Waals surface area contributed by atoms with E-state index in [1.807, 2.05) is 35.6 Å². The molecule has 3 heteroatoms. The fraction of sp³-hybridized carbons (Fsp3) is 0. The minimum Gasteiger partial charge on any atom is -0.436 e. The van der Waals surface area contributed by atoms with E-state index in [1.165, 1.54) is 74.7 Å². The first kappa shape index (κ1) is 25.5. The molecule has 0 bridgehead atoms. The van der Waals surface area contributed by atoms with Crippen molar-refractivity contribution in [2.24, 2.45) is 0 Å². The fourth-order valence-electron chi connectivity index (χ4n) is 7.17. The van der Waals surface area contributed by atoms with Gasteiger partial charge >= 0.3 is 0 Å². The summed E-state index contributed by atoms with van der Waals surface area (Å²) in [6.45, 7) is 0. The molecule has 0 saturated carbocycles. The number of hydrogen-bond donors (Lipinski definition) is 0. The number of oxazole rings is 1. The normalized spacial score (nSPS) is 11.9. The first-order valence-corrected chi connectivity index (χ1v) is 16.4. The van der Waals surface area contributed by atoms with Crippen molar-refractivity contribution >= 4 is 74.9 Å². The van der Waals surface area contributed by atoms with Gasteiger partial charge in [0, 0.05) is 31.1 Å². The second kappa shape index (κ2) is 9.87. The maximum Gasteiger partial charge on any atom is 0.227 e. The lowest BCUT2D eigenvalue weighted by Crippen LogP contribution is -1.88. The number of hydrogen-bond acceptors (Lipinski definition) is 3. The van der Waals surface area contributed by atoms with Crippen LogP contribution in [0.25, 0.3) is 97.3 Å². The largest absolute Gasteiger partial charge is 0.436 e. The lowest BCUT2D eigenvalue weighted by Gasteiger charge is -2.14. The van der Waals surface area contributed by atoms with Gasteiger partial charge in [-0.15, -0.1) is 11.3 Å². The van der Waals surface area contributed by atoms with E-state index >= 15 is 0 Å². The van der Waals surface area contributed by atoms with Crippen LogP contribution in [0.1, 0.15) is 0 Å². The van der Waals surface area contributed by atoms with Gasteiger partial charge in [-0.3, -0.25) is 0 Å². The zero-order valence-electron chi connectivity index (χ0n) is 24.7. The number of fused-ring (bicyclic) bond motifs is 10. The Morgan fingerprint density at radius 2 is 1.09 bits per heavy atom. The van der Waals surface area contributed by atoms with Gasteiger partial charge in [-0.25, -0.2) is 4.98 Å². The van der Waals surface area contributed by atoms with Crippen molar-refractivity contribution in [2.45, 2.75) is 0 Å². The third-order valence-electron chi connectivity index (χ3n) is 9.30. The summed E-state index contributed by atoms with van der Waals surface area (Å²) in [6, 6.07) is 54.4. The number of nitrogens with zero attached hydrogens (tertiary/aromatic N) is 1. The SMILES string of the molecule is c1ccc(-c2ccc(-c3ccc4sc5c6ccccc6c6ccccc6c5c4c3)c3ccc(-c4nc5ccccc5o4)cc23)cc1. The average Bonchev–Trinajstić information content (AvgIpc) is 3.74. The molecule has 0 radical (unpaired) electrons. The van der Waals surface area contributed by atoms with Crippen molar-refractivity contribution in [3.05, 3.63) is 152 Å². The molecule has 0 atom stereocenters. The van der Waals surface area contributed by atoms with Crippen molar-refractivity contribution in [3.8, 4) is 33.7 Å². The van der Waals surface area contributed by atoms with Gasteiger partial charge in [-0.2, -0.15) is 0 Å². The van der Waals surface area contributed by atoms with Gasteiger partial charge in [0.1, 0.15) is 5.52 Å². The van der Waals surface area contributed by atoms with Crippen molar-refractivity contribution in [3.63, 3.8) is 0 Å². The van der Waals surface area contributed by atoms with Crippen LogP contribution < -0.4 is 0 Å². The van der Waals surface area contributed by atoms with E-state index < -0.39 is 0 Å². The first-order chi connectivity index (χ1) is 22.8. The molecule has 0 saturated heterocycles. The summed E-state index contributed by atoms with van der Waals surface area (Å²) in [5, 5.41) is 10.3. The molecule has 0 spiro atoms. The van der Waals surface area contributed by atoms with Gasteiger partial charge in [-0.05, 0) is 85.6 Å². The van der Waals surface area contributed by atoms with Crippen molar-refractivity contribution in [2.75, 3.05) is 0 Å². The molecule has 2 nitrogen and oxygen atoms in total. The average molecular weight is 604 g/mol. The maximum absolute atomic E-state index is 6.20. The smallest absolute Gasteiger partial charge is 0.227 e. The van der Waals surface area contributed by atoms with E-state index in [0.717, 1.165) is 16.7 Å². The van der Waals surface area contributed by atoms with Gasteiger partial charge in [0.25, 0.3) is 0 Å². The summed E-state index contributed by atoms with van der Waals surface area (Å²) in [5.41, 5.74) is 7.44. The molecule has 0 fully saturated rings. The highest BCUT2D eigenvalue weighted by Gasteiger charge is 2.17. The molecule has 46 heavy (non-hydrogen) atoms. The molecular formula is C43H25NOS. The molecule has 0 aliphatic heterocycles. The summed E-state index contributed by atoms with van der Waals surface area (Å²) in [6.07, 6.45) is 0. The molecule has 0 amide bonds. The van der Waals surface area contributed by atoms with Crippen LogP contribution in [-0.2, 0) is 0 Å². The molecule has 10 rings (SSSR count). The van der Waals surface area contributed by atoms with Crippen molar-refractivity contribution < 1.29 is 4.42 Å². The Labute approximate surface area is 268 Å². The van der Waals surface area contributed by atoms with Crippen molar-refractivity contribution in [1.29, 1.82) is 0 Å². The Hall–Kier alpha value is -5.77. The van der Waals surface area contributed by atoms with E-state index in [2.05, 4.69) is 127 Å². The van der Waals surface area contributed by atoms with Gasteiger partial charge in [0.05, 0.1) is 0 Å². The number of benzene rings is 8. The zero-order valence-corrected chi connectivity index (χ0v) is 25.5. The summed E-state index contributed by atoms with van der Waals surface area (Å²) in [7, 11) is 0. The van der Waals surface area contributed by atoms with E-state index in [0.29, 0.717) is 5.89 Å². The van der Waals surface area contributed by atoms with Crippen LogP contribution in [0.5, 0.6) is 0 Å². The van der Waals surface area contributed by atoms with Crippen LogP contribution in [0.15, 0.2) is 156 Å². The lowest BCUT2D eigenvalue weighted by atomic mass is 9.90.